The molecule has 0 heterocycles. The lowest BCUT2D eigenvalue weighted by Crippen LogP contribution is -2.12. The summed E-state index contributed by atoms with van der Waals surface area (Å²) >= 11 is 0. The van der Waals surface area contributed by atoms with E-state index in [1.165, 1.54) is 105 Å². The molecule has 0 aromatic heterocycles. The second-order valence-corrected chi connectivity index (χ2v) is 38.4. The Hall–Kier alpha value is -7.54. The second kappa shape index (κ2) is 56.8. The first-order valence-corrected chi connectivity index (χ1v) is 45.6. The molecule has 10 aromatic rings. The van der Waals surface area contributed by atoms with Crippen LogP contribution in [0.4, 0.5) is 0 Å². The minimum atomic E-state index is 0.187. The molecule has 0 fully saturated rings. The molecule has 654 valence electrons. The Kier molecular flexibility index (Phi) is 57.3. The molecule has 0 aliphatic rings. The molecule has 0 nitrogen and oxygen atoms in total. The first-order valence-electron chi connectivity index (χ1n) is 45.6. The third kappa shape index (κ3) is 46.0. The van der Waals surface area contributed by atoms with Crippen LogP contribution in [0.25, 0.3) is 55.3 Å². The Labute approximate surface area is 730 Å². The number of hydrogen-bond acceptors (Lipinski definition) is 0. The van der Waals surface area contributed by atoms with E-state index in [4.69, 9.17) is 0 Å². The summed E-state index contributed by atoms with van der Waals surface area (Å²) in [6, 6.07) is 86.5. The van der Waals surface area contributed by atoms with Gasteiger partial charge in [-0.15, -0.1) is 0 Å². The van der Waals surface area contributed by atoms with Crippen molar-refractivity contribution in [1.82, 2.24) is 0 Å². The van der Waals surface area contributed by atoms with Crippen molar-refractivity contribution in [1.29, 1.82) is 0 Å². The van der Waals surface area contributed by atoms with E-state index in [-0.39, 0.29) is 48.7 Å². The van der Waals surface area contributed by atoms with Gasteiger partial charge in [0.15, 0.2) is 0 Å². The lowest BCUT2D eigenvalue weighted by molar-refractivity contribution is 0.469. The molecule has 0 N–H and O–H groups in total. The van der Waals surface area contributed by atoms with E-state index >= 15 is 0 Å². The van der Waals surface area contributed by atoms with Gasteiger partial charge in [-0.25, -0.2) is 0 Å². The highest BCUT2D eigenvalue weighted by Gasteiger charge is 2.22. The van der Waals surface area contributed by atoms with Gasteiger partial charge in [-0.3, -0.25) is 0 Å². The number of rotatable bonds is 4. The monoisotopic (exact) mass is 1590 g/mol. The molecule has 10 rings (SSSR count). The molecule has 0 bridgehead atoms. The molecule has 0 radical (unpaired) electrons. The normalized spacial score (nSPS) is 10.9. The van der Waals surface area contributed by atoms with Gasteiger partial charge in [0.2, 0.25) is 0 Å². The maximum absolute atomic E-state index is 2.32. The Bertz CT molecular complexity index is 3920. The van der Waals surface area contributed by atoms with Crippen LogP contribution < -0.4 is 0 Å². The van der Waals surface area contributed by atoms with E-state index in [1.807, 2.05) is 125 Å². The second-order valence-electron chi connectivity index (χ2n) is 38.4. The topological polar surface area (TPSA) is 0 Å². The largest absolute Gasteiger partial charge is 0.0683 e. The molecule has 0 heteroatoms. The van der Waals surface area contributed by atoms with Gasteiger partial charge in [0, 0.05) is 0 Å². The Morgan fingerprint density at radius 2 is 0.325 bits per heavy atom. The molecule has 117 heavy (non-hydrogen) atoms. The van der Waals surface area contributed by atoms with Crippen molar-refractivity contribution in [3.63, 3.8) is 0 Å². The van der Waals surface area contributed by atoms with Gasteiger partial charge in [-0.2, -0.15) is 0 Å². The van der Waals surface area contributed by atoms with Gasteiger partial charge in [0.1, 0.15) is 0 Å². The van der Waals surface area contributed by atoms with Crippen LogP contribution in [0, 0.1) is 5.41 Å². The quantitative estimate of drug-likeness (QED) is 0.165. The van der Waals surface area contributed by atoms with Gasteiger partial charge in [0.25, 0.3) is 0 Å². The molecule has 0 saturated carbocycles. The molecule has 0 aliphatic carbocycles. The summed E-state index contributed by atoms with van der Waals surface area (Å²) in [5.74, 6) is 0. The van der Waals surface area contributed by atoms with Crippen LogP contribution in [0.3, 0.4) is 0 Å². The van der Waals surface area contributed by atoms with Crippen molar-refractivity contribution < 1.29 is 0 Å². The van der Waals surface area contributed by atoms with Crippen molar-refractivity contribution in [2.45, 2.75) is 388 Å². The lowest BCUT2D eigenvalue weighted by atomic mass is 9.82. The average molecular weight is 1590 g/mol. The maximum atomic E-state index is 2.32. The Balaban J connectivity index is -0.000000420. The molecule has 0 atom stereocenters. The number of hydrogen-bond donors (Lipinski definition) is 0. The van der Waals surface area contributed by atoms with Crippen LogP contribution in [0.2, 0.25) is 0 Å². The van der Waals surface area contributed by atoms with E-state index in [0.717, 1.165) is 0 Å². The minimum Gasteiger partial charge on any atom is -0.0683 e. The van der Waals surface area contributed by atoms with Crippen LogP contribution in [0.5, 0.6) is 0 Å². The van der Waals surface area contributed by atoms with Crippen molar-refractivity contribution in [3.05, 3.63) is 287 Å². The van der Waals surface area contributed by atoms with E-state index in [9.17, 15) is 0 Å². The van der Waals surface area contributed by atoms with Gasteiger partial charge in [0.05, 0.1) is 0 Å². The molecule has 0 amide bonds. The zero-order chi connectivity index (χ0) is 92.5. The van der Waals surface area contributed by atoms with Crippen LogP contribution >= 0.6 is 0 Å². The first-order chi connectivity index (χ1) is 54.3. The summed E-state index contributed by atoms with van der Waals surface area (Å²) in [5, 5.41) is 2.69. The predicted octanol–water partition coefficient (Wildman–Crippen LogP) is 39.2. The maximum Gasteiger partial charge on any atom is -0.0126 e. The summed E-state index contributed by atoms with van der Waals surface area (Å²) in [4.78, 5) is 0. The van der Waals surface area contributed by atoms with Crippen molar-refractivity contribution in [2.75, 3.05) is 0 Å². The highest BCUT2D eigenvalue weighted by molar-refractivity contribution is 5.84. The zero-order valence-electron chi connectivity index (χ0n) is 86.0. The van der Waals surface area contributed by atoms with E-state index < -0.39 is 0 Å². The third-order valence-corrected chi connectivity index (χ3v) is 17.8. The first kappa shape index (κ1) is 118. The van der Waals surface area contributed by atoms with E-state index in [2.05, 4.69) is 451 Å². The average Bonchev–Trinajstić information content (AvgIpc) is 0.845. The van der Waals surface area contributed by atoms with Crippen LogP contribution in [0.1, 0.15) is 389 Å². The Morgan fingerprint density at radius 3 is 0.556 bits per heavy atom. The molecule has 0 saturated heterocycles. The summed E-state index contributed by atoms with van der Waals surface area (Å²) in [6.45, 7) is 106. The molecule has 0 unspecified atom stereocenters. The Morgan fingerprint density at radius 1 is 0.137 bits per heavy atom. The van der Waals surface area contributed by atoms with Crippen LogP contribution in [-0.4, -0.2) is 0 Å². The summed E-state index contributed by atoms with van der Waals surface area (Å²) in [6.07, 6.45) is 0. The number of benzene rings is 10. The smallest absolute Gasteiger partial charge is 0.0126 e. The van der Waals surface area contributed by atoms with E-state index in [0.29, 0.717) is 5.41 Å². The van der Waals surface area contributed by atoms with Gasteiger partial charge in [-0.1, -0.05) is 576 Å². The van der Waals surface area contributed by atoms with Crippen molar-refractivity contribution >= 4 is 10.8 Å². The van der Waals surface area contributed by atoms with Crippen molar-refractivity contribution in [2.24, 2.45) is 5.41 Å². The number of fused-ring (bicyclic) bond motifs is 1. The summed E-state index contributed by atoms with van der Waals surface area (Å²) in [5.41, 5.74) is 25.3. The van der Waals surface area contributed by atoms with Gasteiger partial charge >= 0.3 is 0 Å². The van der Waals surface area contributed by atoms with Gasteiger partial charge in [-0.05, 0) is 160 Å². The molecule has 0 aliphatic heterocycles. The highest BCUT2D eigenvalue weighted by Crippen LogP contribution is 2.37. The zero-order valence-corrected chi connectivity index (χ0v) is 86.0. The van der Waals surface area contributed by atoms with Crippen molar-refractivity contribution in [3.8, 4) is 44.5 Å². The standard InChI is InChI=1S/3C20H26.C18H24.C16H18.C5H12.9C2H6/c1-19(2,3)17-11-7-15(8-12-17)16-9-13-18(14-10-16)20(4,5)6;1-19(2,3)17-11-7-9-15(13-17)16-10-8-12-18(14-16)20(4,5)6;1-19(2,3)17-12-10-15(11-13-17)16-8-7-9-18(14-16)20(4,5)6;1-17(2,3)15-9-7-14-12-16(18(4,5)6)10-8-13(14)11-15;1-16(2,3)15-12-8-7-11-14(15)13-9-5-4-6-10-13;1-5(2,3)4;9*1-2/h3*7-14H,1-6H3;7-12H,1-6H3;4-12H,1-3H3;1-4H3;9*1-2H3. The fraction of sp³-hybridized carbons (Fsp3) is 0.504. The minimum absolute atomic E-state index is 0.187. The summed E-state index contributed by atoms with van der Waals surface area (Å²) < 4.78 is 0. The van der Waals surface area contributed by atoms with Crippen LogP contribution in [0.15, 0.2) is 237 Å². The molecular weight excluding hydrogens is 1410 g/mol. The SMILES string of the molecule is CC.CC.CC.CC.CC.CC.CC.CC.CC.CC(C)(C)C.CC(C)(C)c1ccc(-c2ccc(C(C)(C)C)cc2)cc1.CC(C)(C)c1ccc(-c2cccc(C(C)(C)C)c2)cc1.CC(C)(C)c1ccc2cc(C(C)(C)C)ccc2c1.CC(C)(C)c1cccc(-c2cccc(C(C)(C)C)c2)c1.CC(C)(C)c1ccccc1-c1ccccc1. The fourth-order valence-electron chi connectivity index (χ4n) is 11.2. The molecular formula is C117H186. The predicted molar refractivity (Wildman–Crippen MR) is 547 cm³/mol. The molecule has 10 aromatic carbocycles. The highest BCUT2D eigenvalue weighted by atomic mass is 14.3. The third-order valence-electron chi connectivity index (χ3n) is 17.8. The summed E-state index contributed by atoms with van der Waals surface area (Å²) in [7, 11) is 0. The van der Waals surface area contributed by atoms with E-state index in [1.54, 1.807) is 0 Å². The lowest BCUT2D eigenvalue weighted by Gasteiger charge is -2.23. The fourth-order valence-corrected chi connectivity index (χ4v) is 11.2. The van der Waals surface area contributed by atoms with Crippen LogP contribution in [-0.2, 0) is 48.7 Å². The van der Waals surface area contributed by atoms with Gasteiger partial charge < -0.3 is 0 Å². The molecule has 0 spiro atoms.